The van der Waals surface area contributed by atoms with Crippen LogP contribution in [0.2, 0.25) is 0 Å². The molecule has 3 aromatic heterocycles. The number of carboxylic acids is 1. The number of rotatable bonds is 5. The fourth-order valence-electron chi connectivity index (χ4n) is 2.74. The molecule has 3 N–H and O–H groups in total. The molecule has 0 aliphatic carbocycles. The van der Waals surface area contributed by atoms with Gasteiger partial charge in [-0.2, -0.15) is 12.8 Å². The SMILES string of the molecule is COc1[nH]n2c(nc3ccc(S(=O)(=O)O)cc32)c1N=Nc1snc(C)c1C(=O)O. The van der Waals surface area contributed by atoms with Crippen LogP contribution < -0.4 is 4.74 Å². The average Bonchev–Trinajstić information content (AvgIpc) is 3.29. The van der Waals surface area contributed by atoms with Gasteiger partial charge in [0.25, 0.3) is 10.1 Å². The number of H-pyrrole nitrogens is 1. The molecule has 1 aromatic carbocycles. The number of aromatic amines is 1. The Morgan fingerprint density at radius 3 is 2.76 bits per heavy atom. The van der Waals surface area contributed by atoms with Crippen LogP contribution in [0.3, 0.4) is 0 Å². The number of methoxy groups -OCH3 is 1. The lowest BCUT2D eigenvalue weighted by Crippen LogP contribution is -1.98. The maximum atomic E-state index is 11.4. The molecule has 0 amide bonds. The largest absolute Gasteiger partial charge is 0.480 e. The summed E-state index contributed by atoms with van der Waals surface area (Å²) in [6.07, 6.45) is 0. The van der Waals surface area contributed by atoms with Crippen molar-refractivity contribution in [3.63, 3.8) is 0 Å². The molecule has 0 bridgehead atoms. The molecule has 12 nitrogen and oxygen atoms in total. The summed E-state index contributed by atoms with van der Waals surface area (Å²) in [5.41, 5.74) is 1.52. The molecule has 0 aliphatic rings. The molecule has 29 heavy (non-hydrogen) atoms. The monoisotopic (exact) mass is 436 g/mol. The van der Waals surface area contributed by atoms with Crippen LogP contribution in [0, 0.1) is 6.92 Å². The molecule has 0 unspecified atom stereocenters. The first-order valence-corrected chi connectivity index (χ1v) is 10.1. The van der Waals surface area contributed by atoms with Crippen molar-refractivity contribution in [1.29, 1.82) is 0 Å². The normalized spacial score (nSPS) is 12.4. The highest BCUT2D eigenvalue weighted by atomic mass is 32.2. The van der Waals surface area contributed by atoms with E-state index in [-0.39, 0.29) is 32.7 Å². The minimum atomic E-state index is -4.40. The average molecular weight is 436 g/mol. The number of imidazole rings is 1. The number of ether oxygens (including phenoxy) is 1. The standard InChI is InChI=1S/C15H12N6O6S2/c1-6-10(15(22)23)14(28-20-6)18-17-11-12-16-8-4-3-7(29(24,25)26)5-9(8)21(12)19-13(11)27-2/h3-5,19H,1-2H3,(H,22,23)(H,24,25,26). The van der Waals surface area contributed by atoms with E-state index >= 15 is 0 Å². The number of nitrogens with one attached hydrogen (secondary N) is 1. The van der Waals surface area contributed by atoms with Crippen LogP contribution in [-0.2, 0) is 10.1 Å². The number of carboxylic acid groups (broad SMARTS) is 1. The molecule has 4 rings (SSSR count). The zero-order chi connectivity index (χ0) is 20.9. The van der Waals surface area contributed by atoms with Crippen molar-refractivity contribution in [2.75, 3.05) is 7.11 Å². The van der Waals surface area contributed by atoms with Crippen LogP contribution in [0.5, 0.6) is 5.88 Å². The van der Waals surface area contributed by atoms with Gasteiger partial charge in [-0.25, -0.2) is 14.3 Å². The van der Waals surface area contributed by atoms with Crippen molar-refractivity contribution in [3.8, 4) is 5.88 Å². The van der Waals surface area contributed by atoms with E-state index in [1.54, 1.807) is 6.92 Å². The Morgan fingerprint density at radius 2 is 2.10 bits per heavy atom. The zero-order valence-corrected chi connectivity index (χ0v) is 16.4. The third kappa shape index (κ3) is 3.12. The van der Waals surface area contributed by atoms with Gasteiger partial charge in [-0.15, -0.1) is 10.2 Å². The summed E-state index contributed by atoms with van der Waals surface area (Å²) in [5, 5.41) is 20.4. The van der Waals surface area contributed by atoms with Crippen LogP contribution in [0.4, 0.5) is 10.7 Å². The number of benzene rings is 1. The fourth-order valence-corrected chi connectivity index (χ4v) is 3.96. The van der Waals surface area contributed by atoms with Gasteiger partial charge in [0, 0.05) is 0 Å². The van der Waals surface area contributed by atoms with E-state index in [4.69, 9.17) is 4.74 Å². The minimum Gasteiger partial charge on any atom is -0.480 e. The number of fused-ring (bicyclic) bond motifs is 3. The fraction of sp³-hybridized carbons (Fsp3) is 0.133. The van der Waals surface area contributed by atoms with Crippen molar-refractivity contribution in [1.82, 2.24) is 19.0 Å². The molecular weight excluding hydrogens is 424 g/mol. The number of hydrogen-bond donors (Lipinski definition) is 3. The van der Waals surface area contributed by atoms with Gasteiger partial charge in [0.15, 0.2) is 16.3 Å². The molecule has 0 saturated carbocycles. The van der Waals surface area contributed by atoms with E-state index in [2.05, 4.69) is 24.7 Å². The molecule has 3 heterocycles. The molecule has 150 valence electrons. The van der Waals surface area contributed by atoms with E-state index in [9.17, 15) is 22.9 Å². The number of hydrogen-bond acceptors (Lipinski definition) is 9. The third-order valence-electron chi connectivity index (χ3n) is 4.07. The first-order valence-electron chi connectivity index (χ1n) is 7.87. The van der Waals surface area contributed by atoms with Crippen LogP contribution in [-0.4, -0.2) is 50.1 Å². The Morgan fingerprint density at radius 1 is 1.34 bits per heavy atom. The van der Waals surface area contributed by atoms with Crippen LogP contribution >= 0.6 is 11.5 Å². The summed E-state index contributed by atoms with van der Waals surface area (Å²) in [5.74, 6) is -0.991. The summed E-state index contributed by atoms with van der Waals surface area (Å²) in [6.45, 7) is 1.56. The van der Waals surface area contributed by atoms with Gasteiger partial charge in [0.2, 0.25) is 5.88 Å². The first kappa shape index (κ1) is 19.0. The summed E-state index contributed by atoms with van der Waals surface area (Å²) in [7, 11) is -3.01. The number of aromatic nitrogens is 4. The smallest absolute Gasteiger partial charge is 0.340 e. The highest BCUT2D eigenvalue weighted by Gasteiger charge is 2.21. The predicted molar refractivity (Wildman–Crippen MR) is 101 cm³/mol. The molecule has 0 aliphatic heterocycles. The molecule has 0 spiro atoms. The summed E-state index contributed by atoms with van der Waals surface area (Å²) in [6, 6.07) is 3.90. The minimum absolute atomic E-state index is 0.0458. The summed E-state index contributed by atoms with van der Waals surface area (Å²) < 4.78 is 42.7. The van der Waals surface area contributed by atoms with Crippen LogP contribution in [0.1, 0.15) is 16.1 Å². The number of nitrogens with zero attached hydrogens (tertiary/aromatic N) is 5. The van der Waals surface area contributed by atoms with E-state index < -0.39 is 16.1 Å². The Hall–Kier alpha value is -3.36. The van der Waals surface area contributed by atoms with Crippen LogP contribution in [0.25, 0.3) is 16.7 Å². The predicted octanol–water partition coefficient (Wildman–Crippen LogP) is 2.95. The maximum absolute atomic E-state index is 11.4. The topological polar surface area (TPSA) is 172 Å². The van der Waals surface area contributed by atoms with Gasteiger partial charge in [-0.05, 0) is 36.7 Å². The number of carbonyl (C=O) groups is 1. The molecule has 0 atom stereocenters. The highest BCUT2D eigenvalue weighted by molar-refractivity contribution is 7.85. The lowest BCUT2D eigenvalue weighted by Gasteiger charge is -1.98. The van der Waals surface area contributed by atoms with Crippen molar-refractivity contribution in [2.24, 2.45) is 10.2 Å². The number of aryl methyl sites for hydroxylation is 1. The second-order valence-corrected chi connectivity index (χ2v) is 8.02. The van der Waals surface area contributed by atoms with E-state index in [0.717, 1.165) is 11.5 Å². The lowest BCUT2D eigenvalue weighted by atomic mass is 10.2. The quantitative estimate of drug-likeness (QED) is 0.316. The lowest BCUT2D eigenvalue weighted by molar-refractivity contribution is 0.0697. The first-order chi connectivity index (χ1) is 13.7. The number of aromatic carboxylic acids is 1. The third-order valence-corrected chi connectivity index (χ3v) is 5.74. The van der Waals surface area contributed by atoms with Gasteiger partial charge in [-0.1, -0.05) is 0 Å². The molecule has 0 radical (unpaired) electrons. The van der Waals surface area contributed by atoms with Crippen molar-refractivity contribution in [3.05, 3.63) is 29.5 Å². The van der Waals surface area contributed by atoms with Gasteiger partial charge in [0.1, 0.15) is 5.56 Å². The zero-order valence-electron chi connectivity index (χ0n) is 14.8. The highest BCUT2D eigenvalue weighted by Crippen LogP contribution is 2.36. The second kappa shape index (κ2) is 6.61. The Bertz CT molecular complexity index is 1410. The second-order valence-electron chi connectivity index (χ2n) is 5.84. The molecular formula is C15H12N6O6S2. The van der Waals surface area contributed by atoms with Crippen molar-refractivity contribution in [2.45, 2.75) is 11.8 Å². The Labute approximate surface area is 166 Å². The van der Waals surface area contributed by atoms with Crippen molar-refractivity contribution < 1.29 is 27.6 Å². The van der Waals surface area contributed by atoms with E-state index in [1.807, 2.05) is 0 Å². The van der Waals surface area contributed by atoms with Gasteiger partial charge >= 0.3 is 5.97 Å². The Balaban J connectivity index is 1.89. The summed E-state index contributed by atoms with van der Waals surface area (Å²) in [4.78, 5) is 15.5. The maximum Gasteiger partial charge on any atom is 0.340 e. The molecule has 14 heteroatoms. The van der Waals surface area contributed by atoms with Gasteiger partial charge in [-0.3, -0.25) is 9.65 Å². The molecule has 0 saturated heterocycles. The summed E-state index contributed by atoms with van der Waals surface area (Å²) >= 11 is 0.891. The van der Waals surface area contributed by atoms with E-state index in [0.29, 0.717) is 16.7 Å². The van der Waals surface area contributed by atoms with E-state index in [1.165, 1.54) is 29.8 Å². The molecule has 4 aromatic rings. The number of azo groups is 1. The van der Waals surface area contributed by atoms with Gasteiger partial charge in [0.05, 0.1) is 28.7 Å². The molecule has 0 fully saturated rings. The Kier molecular flexibility index (Phi) is 4.33. The van der Waals surface area contributed by atoms with Gasteiger partial charge < -0.3 is 9.84 Å². The van der Waals surface area contributed by atoms with Crippen LogP contribution in [0.15, 0.2) is 33.3 Å². The van der Waals surface area contributed by atoms with Crippen molar-refractivity contribution >= 4 is 55.0 Å².